The second-order valence-corrected chi connectivity index (χ2v) is 4.84. The van der Waals surface area contributed by atoms with Gasteiger partial charge in [0.2, 0.25) is 0 Å². The Morgan fingerprint density at radius 3 is 3.00 bits per heavy atom. The van der Waals surface area contributed by atoms with E-state index < -0.39 is 5.82 Å². The molecule has 0 saturated carbocycles. The molecule has 1 fully saturated rings. The lowest BCUT2D eigenvalue weighted by atomic mass is 10.0. The van der Waals surface area contributed by atoms with Crippen LogP contribution < -0.4 is 0 Å². The van der Waals surface area contributed by atoms with E-state index in [1.807, 2.05) is 11.9 Å². The van der Waals surface area contributed by atoms with Crippen LogP contribution >= 0.6 is 11.6 Å². The zero-order valence-corrected chi connectivity index (χ0v) is 10.9. The van der Waals surface area contributed by atoms with Crippen LogP contribution in [0.4, 0.5) is 4.39 Å². The number of nitrogens with zero attached hydrogens (tertiary/aromatic N) is 2. The number of carbonyl (C=O) groups is 1. The largest absolute Gasteiger partial charge is 0.469 e. The Balaban J connectivity index is 2.21. The van der Waals surface area contributed by atoms with E-state index in [4.69, 9.17) is 16.3 Å². The number of halogens is 2. The average Bonchev–Trinajstić information content (AvgIpc) is 2.70. The topological polar surface area (TPSA) is 42.4 Å². The van der Waals surface area contributed by atoms with Crippen molar-refractivity contribution in [2.45, 2.75) is 12.5 Å². The van der Waals surface area contributed by atoms with E-state index in [2.05, 4.69) is 4.98 Å². The Morgan fingerprint density at radius 1 is 1.67 bits per heavy atom. The number of methoxy groups -OCH3 is 1. The van der Waals surface area contributed by atoms with Crippen molar-refractivity contribution in [1.29, 1.82) is 0 Å². The van der Waals surface area contributed by atoms with E-state index in [-0.39, 0.29) is 23.0 Å². The summed E-state index contributed by atoms with van der Waals surface area (Å²) in [6.07, 6.45) is 1.72. The highest BCUT2D eigenvalue weighted by atomic mass is 35.5. The van der Waals surface area contributed by atoms with Crippen LogP contribution in [0.25, 0.3) is 0 Å². The predicted octanol–water partition coefficient (Wildman–Crippen LogP) is 2.04. The minimum Gasteiger partial charge on any atom is -0.469 e. The van der Waals surface area contributed by atoms with Gasteiger partial charge >= 0.3 is 5.97 Å². The molecule has 0 spiro atoms. The maximum atomic E-state index is 13.0. The molecule has 0 aromatic carbocycles. The summed E-state index contributed by atoms with van der Waals surface area (Å²) in [7, 11) is 3.26. The van der Waals surface area contributed by atoms with E-state index in [1.165, 1.54) is 13.2 Å². The molecule has 2 unspecified atom stereocenters. The highest BCUT2D eigenvalue weighted by Gasteiger charge is 2.37. The summed E-state index contributed by atoms with van der Waals surface area (Å²) in [6, 6.07) is 1.16. The van der Waals surface area contributed by atoms with Crippen LogP contribution in [-0.4, -0.2) is 36.6 Å². The molecule has 0 aliphatic carbocycles. The number of hydrogen-bond acceptors (Lipinski definition) is 4. The molecule has 1 aliphatic heterocycles. The van der Waals surface area contributed by atoms with E-state index >= 15 is 0 Å². The van der Waals surface area contributed by atoms with Crippen molar-refractivity contribution >= 4 is 17.6 Å². The molecule has 4 nitrogen and oxygen atoms in total. The van der Waals surface area contributed by atoms with Crippen molar-refractivity contribution in [3.63, 3.8) is 0 Å². The molecule has 1 aromatic heterocycles. The first-order valence-corrected chi connectivity index (χ1v) is 5.99. The monoisotopic (exact) mass is 272 g/mol. The molecule has 2 rings (SSSR count). The third-order valence-corrected chi connectivity index (χ3v) is 3.54. The zero-order valence-electron chi connectivity index (χ0n) is 10.2. The van der Waals surface area contributed by atoms with Crippen LogP contribution in [0.2, 0.25) is 5.02 Å². The number of esters is 1. The third-order valence-electron chi connectivity index (χ3n) is 3.23. The molecule has 1 saturated heterocycles. The van der Waals surface area contributed by atoms with Crippen molar-refractivity contribution in [3.8, 4) is 0 Å². The zero-order chi connectivity index (χ0) is 13.3. The SMILES string of the molecule is COC(=O)C1CC(c2ncc(F)cc2Cl)N(C)C1. The molecule has 2 atom stereocenters. The van der Waals surface area contributed by atoms with Crippen LogP contribution in [0.5, 0.6) is 0 Å². The molecule has 6 heteroatoms. The standard InChI is InChI=1S/C12H14ClFN2O2/c1-16-6-7(12(17)18-2)3-10(16)11-9(13)4-8(14)5-15-11/h4-5,7,10H,3,6H2,1-2H3. The lowest BCUT2D eigenvalue weighted by Crippen LogP contribution is -2.22. The first-order valence-electron chi connectivity index (χ1n) is 5.62. The smallest absolute Gasteiger partial charge is 0.310 e. The molecular formula is C12H14ClFN2O2. The lowest BCUT2D eigenvalue weighted by molar-refractivity contribution is -0.144. The van der Waals surface area contributed by atoms with Gasteiger partial charge < -0.3 is 4.74 Å². The van der Waals surface area contributed by atoms with Gasteiger partial charge in [0, 0.05) is 6.54 Å². The van der Waals surface area contributed by atoms with Gasteiger partial charge in [0.05, 0.1) is 36.0 Å². The molecule has 2 heterocycles. The van der Waals surface area contributed by atoms with Gasteiger partial charge in [-0.25, -0.2) is 4.39 Å². The number of pyridine rings is 1. The second-order valence-electron chi connectivity index (χ2n) is 4.43. The van der Waals surface area contributed by atoms with Crippen LogP contribution in [0.3, 0.4) is 0 Å². The first kappa shape index (κ1) is 13.2. The third kappa shape index (κ3) is 2.47. The molecule has 0 amide bonds. The fraction of sp³-hybridized carbons (Fsp3) is 0.500. The summed E-state index contributed by atoms with van der Waals surface area (Å²) in [5.41, 5.74) is 0.604. The Kier molecular flexibility index (Phi) is 3.82. The van der Waals surface area contributed by atoms with Gasteiger partial charge in [-0.15, -0.1) is 0 Å². The van der Waals surface area contributed by atoms with Gasteiger partial charge in [-0.3, -0.25) is 14.7 Å². The number of aromatic nitrogens is 1. The number of ether oxygens (including phenoxy) is 1. The summed E-state index contributed by atoms with van der Waals surface area (Å²) in [5, 5.41) is 0.289. The molecule has 18 heavy (non-hydrogen) atoms. The van der Waals surface area contributed by atoms with Crippen molar-refractivity contribution < 1.29 is 13.9 Å². The van der Waals surface area contributed by atoms with Crippen molar-refractivity contribution in [2.24, 2.45) is 5.92 Å². The van der Waals surface area contributed by atoms with Gasteiger partial charge in [0.25, 0.3) is 0 Å². The Bertz CT molecular complexity index is 469. The minimum atomic E-state index is -0.464. The van der Waals surface area contributed by atoms with Crippen LogP contribution in [0.15, 0.2) is 12.3 Å². The summed E-state index contributed by atoms with van der Waals surface area (Å²) >= 11 is 5.99. The van der Waals surface area contributed by atoms with E-state index in [0.29, 0.717) is 18.7 Å². The summed E-state index contributed by atoms with van der Waals surface area (Å²) < 4.78 is 17.7. The lowest BCUT2D eigenvalue weighted by Gasteiger charge is -2.19. The van der Waals surface area contributed by atoms with E-state index in [0.717, 1.165) is 6.20 Å². The second kappa shape index (κ2) is 5.20. The first-order chi connectivity index (χ1) is 8.52. The molecule has 0 radical (unpaired) electrons. The van der Waals surface area contributed by atoms with E-state index in [9.17, 15) is 9.18 Å². The quantitative estimate of drug-likeness (QED) is 0.773. The summed E-state index contributed by atoms with van der Waals surface area (Å²) in [6.45, 7) is 0.590. The summed E-state index contributed by atoms with van der Waals surface area (Å²) in [5.74, 6) is -0.885. The van der Waals surface area contributed by atoms with Gasteiger partial charge in [0.1, 0.15) is 5.82 Å². The number of rotatable bonds is 2. The van der Waals surface area contributed by atoms with Gasteiger partial charge in [0.15, 0.2) is 0 Å². The molecular weight excluding hydrogens is 259 g/mol. The number of carbonyl (C=O) groups excluding carboxylic acids is 1. The molecule has 1 aromatic rings. The number of likely N-dealkylation sites (tertiary alicyclic amines) is 1. The van der Waals surface area contributed by atoms with Crippen LogP contribution in [0.1, 0.15) is 18.2 Å². The highest BCUT2D eigenvalue weighted by molar-refractivity contribution is 6.31. The van der Waals surface area contributed by atoms with Crippen molar-refractivity contribution in [1.82, 2.24) is 9.88 Å². The fourth-order valence-corrected chi connectivity index (χ4v) is 2.61. The van der Waals surface area contributed by atoms with Crippen molar-refractivity contribution in [2.75, 3.05) is 20.7 Å². The molecule has 98 valence electrons. The van der Waals surface area contributed by atoms with Crippen molar-refractivity contribution in [3.05, 3.63) is 28.8 Å². The Hall–Kier alpha value is -1.20. The Labute approximate surface area is 110 Å². The van der Waals surface area contributed by atoms with Crippen LogP contribution in [0, 0.1) is 11.7 Å². The highest BCUT2D eigenvalue weighted by Crippen LogP contribution is 2.36. The van der Waals surface area contributed by atoms with Gasteiger partial charge in [-0.05, 0) is 19.5 Å². The van der Waals surface area contributed by atoms with Gasteiger partial charge in [-0.1, -0.05) is 11.6 Å². The normalized spacial score (nSPS) is 24.2. The number of hydrogen-bond donors (Lipinski definition) is 0. The molecule has 1 aliphatic rings. The maximum Gasteiger partial charge on any atom is 0.310 e. The summed E-state index contributed by atoms with van der Waals surface area (Å²) in [4.78, 5) is 17.5. The predicted molar refractivity (Wildman–Crippen MR) is 64.7 cm³/mol. The van der Waals surface area contributed by atoms with Crippen LogP contribution in [-0.2, 0) is 9.53 Å². The Morgan fingerprint density at radius 2 is 2.39 bits per heavy atom. The minimum absolute atomic E-state index is 0.0813. The maximum absolute atomic E-state index is 13.0. The molecule has 0 bridgehead atoms. The fourth-order valence-electron chi connectivity index (χ4n) is 2.33. The molecule has 0 N–H and O–H groups in total. The average molecular weight is 273 g/mol. The van der Waals surface area contributed by atoms with Gasteiger partial charge in [-0.2, -0.15) is 0 Å². The van der Waals surface area contributed by atoms with E-state index in [1.54, 1.807) is 0 Å².